The molecule has 4 heterocycles. The molecule has 7 nitrogen and oxygen atoms in total. The number of nitrogens with zero attached hydrogens (tertiary/aromatic N) is 5. The van der Waals surface area contributed by atoms with Crippen molar-refractivity contribution in [3.63, 3.8) is 0 Å². The first-order valence-corrected chi connectivity index (χ1v) is 12.5. The minimum Gasteiger partial charge on any atom is -0.363 e. The molecule has 3 unspecified atom stereocenters. The molecule has 3 aromatic rings. The van der Waals surface area contributed by atoms with Gasteiger partial charge in [0, 0.05) is 41.3 Å². The Bertz CT molecular complexity index is 1130. The van der Waals surface area contributed by atoms with Gasteiger partial charge in [0.05, 0.1) is 11.9 Å². The molecule has 0 bridgehead atoms. The summed E-state index contributed by atoms with van der Waals surface area (Å²) in [7, 11) is 0. The quantitative estimate of drug-likeness (QED) is 0.504. The number of fused-ring (bicyclic) bond motifs is 1. The fraction of sp³-hybridized carbons (Fsp3) is 0.571. The number of imidazole rings is 1. The third-order valence-corrected chi connectivity index (χ3v) is 8.37. The molecule has 11 heteroatoms. The third kappa shape index (κ3) is 4.11. The summed E-state index contributed by atoms with van der Waals surface area (Å²) in [5.41, 5.74) is 2.68. The zero-order chi connectivity index (χ0) is 22.6. The zero-order valence-electron chi connectivity index (χ0n) is 18.5. The Morgan fingerprint density at radius 1 is 1.28 bits per heavy atom. The van der Waals surface area contributed by atoms with Gasteiger partial charge in [0.1, 0.15) is 5.69 Å². The first-order chi connectivity index (χ1) is 15.2. The number of hydrogen-bond acceptors (Lipinski definition) is 8. The van der Waals surface area contributed by atoms with E-state index in [0.29, 0.717) is 22.8 Å². The highest BCUT2D eigenvalue weighted by molar-refractivity contribution is 7.97. The van der Waals surface area contributed by atoms with Crippen molar-refractivity contribution in [3.05, 3.63) is 23.5 Å². The van der Waals surface area contributed by atoms with Crippen molar-refractivity contribution in [1.29, 1.82) is 0 Å². The second kappa shape index (κ2) is 8.19. The van der Waals surface area contributed by atoms with Gasteiger partial charge in [0.15, 0.2) is 15.7 Å². The van der Waals surface area contributed by atoms with Gasteiger partial charge in [-0.25, -0.2) is 13.8 Å². The van der Waals surface area contributed by atoms with Crippen LogP contribution in [0, 0.1) is 0 Å². The maximum absolute atomic E-state index is 13.1. The fourth-order valence-electron chi connectivity index (χ4n) is 4.06. The standard InChI is InChI=1S/C21H27F2N7S2/c1-11-9-29(13(3)12(2)25-11)15-7-14(32-28-21(4)5-6-21)10-30-16(8-24-18(15)30)19-26-27-20(31-19)17(22)23/h7-8,10-13,17,25,28H,5-6,9H2,1-4H3. The van der Waals surface area contributed by atoms with Gasteiger partial charge in [-0.2, -0.15) is 0 Å². The van der Waals surface area contributed by atoms with Crippen LogP contribution in [0.3, 0.4) is 0 Å². The Hall–Kier alpha value is -1.82. The number of anilines is 1. The van der Waals surface area contributed by atoms with Gasteiger partial charge >= 0.3 is 0 Å². The lowest BCUT2D eigenvalue weighted by Gasteiger charge is -2.43. The van der Waals surface area contributed by atoms with Crippen molar-refractivity contribution < 1.29 is 8.78 Å². The molecule has 0 spiro atoms. The molecule has 5 rings (SSSR count). The van der Waals surface area contributed by atoms with Crippen molar-refractivity contribution in [3.8, 4) is 10.7 Å². The molecule has 2 N–H and O–H groups in total. The molecule has 172 valence electrons. The molecule has 0 aromatic carbocycles. The van der Waals surface area contributed by atoms with E-state index in [2.05, 4.69) is 58.9 Å². The van der Waals surface area contributed by atoms with E-state index >= 15 is 0 Å². The molecule has 0 radical (unpaired) electrons. The van der Waals surface area contributed by atoms with Crippen LogP contribution in [-0.2, 0) is 0 Å². The van der Waals surface area contributed by atoms with E-state index in [1.807, 2.05) is 10.6 Å². The van der Waals surface area contributed by atoms with Gasteiger partial charge in [-0.1, -0.05) is 11.3 Å². The number of halogens is 2. The Labute approximate surface area is 194 Å². The van der Waals surface area contributed by atoms with Gasteiger partial charge in [-0.05, 0) is 58.6 Å². The Kier molecular flexibility index (Phi) is 5.63. The smallest absolute Gasteiger partial charge is 0.291 e. The Morgan fingerprint density at radius 3 is 2.75 bits per heavy atom. The minimum absolute atomic E-state index is 0.175. The van der Waals surface area contributed by atoms with Crippen molar-refractivity contribution in [2.45, 2.75) is 75.5 Å². The summed E-state index contributed by atoms with van der Waals surface area (Å²) in [5.74, 6) is 0. The van der Waals surface area contributed by atoms with E-state index in [1.165, 1.54) is 0 Å². The minimum atomic E-state index is -2.63. The molecular weight excluding hydrogens is 452 g/mol. The lowest BCUT2D eigenvalue weighted by Crippen LogP contribution is -2.59. The van der Waals surface area contributed by atoms with E-state index in [0.717, 1.165) is 47.0 Å². The molecule has 1 saturated carbocycles. The number of rotatable bonds is 6. The first-order valence-electron chi connectivity index (χ1n) is 10.8. The summed E-state index contributed by atoms with van der Waals surface area (Å²) in [4.78, 5) is 8.13. The number of alkyl halides is 2. The molecule has 32 heavy (non-hydrogen) atoms. The number of hydrogen-bond donors (Lipinski definition) is 2. The lowest BCUT2D eigenvalue weighted by atomic mass is 10.0. The Morgan fingerprint density at radius 2 is 2.06 bits per heavy atom. The highest BCUT2D eigenvalue weighted by atomic mass is 32.2. The van der Waals surface area contributed by atoms with E-state index in [1.54, 1.807) is 18.1 Å². The van der Waals surface area contributed by atoms with Gasteiger partial charge in [0.25, 0.3) is 6.43 Å². The average molecular weight is 480 g/mol. The summed E-state index contributed by atoms with van der Waals surface area (Å²) in [5, 5.41) is 11.5. The second-order valence-electron chi connectivity index (χ2n) is 9.16. The SMILES string of the molecule is CC1CN(c2cc(SNC3(C)CC3)cn3c(-c4nnc(C(F)F)s4)cnc23)C(C)C(C)N1. The highest BCUT2D eigenvalue weighted by Gasteiger charge is 2.37. The molecule has 3 atom stereocenters. The van der Waals surface area contributed by atoms with Crippen molar-refractivity contribution in [2.24, 2.45) is 0 Å². The molecule has 3 aromatic heterocycles. The van der Waals surface area contributed by atoms with Crippen molar-refractivity contribution in [2.75, 3.05) is 11.4 Å². The number of piperazine rings is 1. The van der Waals surface area contributed by atoms with Gasteiger partial charge in [-0.3, -0.25) is 9.12 Å². The summed E-state index contributed by atoms with van der Waals surface area (Å²) in [6.07, 6.45) is 3.41. The van der Waals surface area contributed by atoms with Gasteiger partial charge < -0.3 is 10.2 Å². The first kappa shape index (κ1) is 22.0. The van der Waals surface area contributed by atoms with Crippen LogP contribution < -0.4 is 14.9 Å². The fourth-order valence-corrected chi connectivity index (χ4v) is 5.66. The van der Waals surface area contributed by atoms with Crippen LogP contribution in [0.15, 0.2) is 23.4 Å². The van der Waals surface area contributed by atoms with Crippen LogP contribution in [0.25, 0.3) is 16.3 Å². The van der Waals surface area contributed by atoms with Crippen LogP contribution >= 0.6 is 23.3 Å². The van der Waals surface area contributed by atoms with Crippen LogP contribution in [0.1, 0.15) is 52.0 Å². The van der Waals surface area contributed by atoms with E-state index in [-0.39, 0.29) is 16.6 Å². The second-order valence-corrected chi connectivity index (χ2v) is 11.0. The molecule has 1 saturated heterocycles. The zero-order valence-corrected chi connectivity index (χ0v) is 20.1. The van der Waals surface area contributed by atoms with Gasteiger partial charge in [0.2, 0.25) is 0 Å². The maximum atomic E-state index is 13.1. The van der Waals surface area contributed by atoms with Crippen molar-refractivity contribution in [1.82, 2.24) is 29.6 Å². The molecule has 0 amide bonds. The molecule has 1 aliphatic carbocycles. The normalized spacial score (nSPS) is 25.1. The van der Waals surface area contributed by atoms with E-state index in [9.17, 15) is 8.78 Å². The molecule has 2 fully saturated rings. The lowest BCUT2D eigenvalue weighted by molar-refractivity contribution is 0.150. The predicted octanol–water partition coefficient (Wildman–Crippen LogP) is 4.51. The third-order valence-electron chi connectivity index (χ3n) is 6.37. The molecule has 2 aliphatic rings. The molecule has 1 aliphatic heterocycles. The number of aromatic nitrogens is 4. The van der Waals surface area contributed by atoms with E-state index < -0.39 is 6.43 Å². The highest BCUT2D eigenvalue weighted by Crippen LogP contribution is 2.39. The Balaban J connectivity index is 1.60. The topological polar surface area (TPSA) is 70.4 Å². The maximum Gasteiger partial charge on any atom is 0.291 e. The summed E-state index contributed by atoms with van der Waals surface area (Å²) >= 11 is 2.52. The number of pyridine rings is 1. The largest absolute Gasteiger partial charge is 0.363 e. The average Bonchev–Trinajstić information content (AvgIpc) is 3.15. The van der Waals surface area contributed by atoms with E-state index in [4.69, 9.17) is 4.98 Å². The summed E-state index contributed by atoms with van der Waals surface area (Å²) in [6, 6.07) is 3.12. The number of nitrogens with one attached hydrogen (secondary N) is 2. The van der Waals surface area contributed by atoms with Crippen molar-refractivity contribution >= 4 is 34.6 Å². The predicted molar refractivity (Wildman–Crippen MR) is 125 cm³/mol. The van der Waals surface area contributed by atoms with Gasteiger partial charge in [-0.15, -0.1) is 10.2 Å². The van der Waals surface area contributed by atoms with Crippen LogP contribution in [-0.4, -0.2) is 49.8 Å². The summed E-state index contributed by atoms with van der Waals surface area (Å²) < 4.78 is 31.7. The monoisotopic (exact) mass is 479 g/mol. The van der Waals surface area contributed by atoms with Crippen LogP contribution in [0.5, 0.6) is 0 Å². The van der Waals surface area contributed by atoms with Crippen LogP contribution in [0.4, 0.5) is 14.5 Å². The summed E-state index contributed by atoms with van der Waals surface area (Å²) in [6.45, 7) is 9.67. The molecular formula is C21H27F2N7S2. The van der Waals surface area contributed by atoms with Crippen LogP contribution in [0.2, 0.25) is 0 Å².